The molecule has 3 rings (SSSR count). The van der Waals surface area contributed by atoms with Crippen LogP contribution in [0, 0.1) is 6.92 Å². The average molecular weight is 318 g/mol. The first-order valence-electron chi connectivity index (χ1n) is 7.77. The van der Waals surface area contributed by atoms with Crippen molar-refractivity contribution in [1.82, 2.24) is 14.1 Å². The smallest absolute Gasteiger partial charge is 0.332 e. The molecule has 0 spiro atoms. The lowest BCUT2D eigenvalue weighted by Gasteiger charge is -2.38. The van der Waals surface area contributed by atoms with Gasteiger partial charge in [0.15, 0.2) is 5.65 Å². The molecule has 0 radical (unpaired) electrons. The zero-order chi connectivity index (χ0) is 16.9. The van der Waals surface area contributed by atoms with Gasteiger partial charge >= 0.3 is 5.69 Å². The summed E-state index contributed by atoms with van der Waals surface area (Å²) in [5.41, 5.74) is 1.53. The molecule has 2 aromatic rings. The Labute approximate surface area is 134 Å². The highest BCUT2D eigenvalue weighted by Gasteiger charge is 2.27. The molecule has 2 aromatic heterocycles. The minimum atomic E-state index is -0.367. The molecule has 1 saturated heterocycles. The zero-order valence-electron chi connectivity index (χ0n) is 14.2. The highest BCUT2D eigenvalue weighted by Crippen LogP contribution is 2.28. The van der Waals surface area contributed by atoms with Crippen molar-refractivity contribution in [2.45, 2.75) is 33.0 Å². The van der Waals surface area contributed by atoms with Gasteiger partial charge in [0.1, 0.15) is 5.39 Å². The summed E-state index contributed by atoms with van der Waals surface area (Å²) in [6.45, 7) is 7.40. The number of nitrogens with zero attached hydrogens (tertiary/aromatic N) is 4. The van der Waals surface area contributed by atoms with E-state index in [1.54, 1.807) is 13.2 Å². The second-order valence-corrected chi connectivity index (χ2v) is 6.36. The zero-order valence-corrected chi connectivity index (χ0v) is 14.2. The molecule has 3 heterocycles. The van der Waals surface area contributed by atoms with Gasteiger partial charge in [0.25, 0.3) is 5.56 Å². The number of ether oxygens (including phenoxy) is 1. The van der Waals surface area contributed by atoms with Gasteiger partial charge in [-0.25, -0.2) is 9.78 Å². The number of fused-ring (bicyclic) bond motifs is 1. The van der Waals surface area contributed by atoms with E-state index >= 15 is 0 Å². The van der Waals surface area contributed by atoms with Crippen LogP contribution in [-0.4, -0.2) is 39.4 Å². The van der Waals surface area contributed by atoms with E-state index in [4.69, 9.17) is 4.74 Å². The van der Waals surface area contributed by atoms with Crippen molar-refractivity contribution >= 4 is 16.7 Å². The van der Waals surface area contributed by atoms with Crippen LogP contribution in [0.15, 0.2) is 15.8 Å². The third-order valence-corrected chi connectivity index (χ3v) is 4.36. The van der Waals surface area contributed by atoms with E-state index in [9.17, 15) is 9.59 Å². The van der Waals surface area contributed by atoms with Crippen molar-refractivity contribution in [3.05, 3.63) is 32.6 Å². The average Bonchev–Trinajstić information content (AvgIpc) is 2.49. The number of morpholine rings is 1. The van der Waals surface area contributed by atoms with Crippen LogP contribution in [0.2, 0.25) is 0 Å². The highest BCUT2D eigenvalue weighted by atomic mass is 16.5. The van der Waals surface area contributed by atoms with Crippen LogP contribution >= 0.6 is 0 Å². The number of rotatable bonds is 1. The van der Waals surface area contributed by atoms with Crippen LogP contribution in [0.25, 0.3) is 11.0 Å². The Morgan fingerprint density at radius 1 is 1.13 bits per heavy atom. The molecule has 1 aliphatic heterocycles. The van der Waals surface area contributed by atoms with E-state index in [1.807, 2.05) is 20.8 Å². The summed E-state index contributed by atoms with van der Waals surface area (Å²) < 4.78 is 8.35. The van der Waals surface area contributed by atoms with E-state index in [2.05, 4.69) is 9.88 Å². The summed E-state index contributed by atoms with van der Waals surface area (Å²) in [5, 5.41) is 0.496. The molecule has 0 aromatic carbocycles. The number of hydrogen-bond acceptors (Lipinski definition) is 5. The maximum absolute atomic E-state index is 12.7. The summed E-state index contributed by atoms with van der Waals surface area (Å²) in [6.07, 6.45) is 1.89. The van der Waals surface area contributed by atoms with Crippen LogP contribution in [0.3, 0.4) is 0 Å². The molecular formula is C16H22N4O3. The minimum Gasteiger partial charge on any atom is -0.372 e. The number of hydrogen-bond donors (Lipinski definition) is 0. The van der Waals surface area contributed by atoms with Crippen molar-refractivity contribution in [3.8, 4) is 0 Å². The summed E-state index contributed by atoms with van der Waals surface area (Å²) in [7, 11) is 3.14. The Bertz CT molecular complexity index is 873. The predicted octanol–water partition coefficient (Wildman–Crippen LogP) is 0.554. The van der Waals surface area contributed by atoms with Gasteiger partial charge in [-0.2, -0.15) is 0 Å². The SMILES string of the molecule is Cc1cnc2c(c1N1CC(C)OC(C)C1)c(=O)n(C)c(=O)n2C. The number of pyridine rings is 1. The number of anilines is 1. The fourth-order valence-corrected chi connectivity index (χ4v) is 3.38. The lowest BCUT2D eigenvalue weighted by Crippen LogP contribution is -2.46. The first kappa shape index (κ1) is 15.7. The van der Waals surface area contributed by atoms with Crippen molar-refractivity contribution < 1.29 is 4.74 Å². The van der Waals surface area contributed by atoms with Gasteiger partial charge in [0, 0.05) is 33.4 Å². The van der Waals surface area contributed by atoms with Gasteiger partial charge in [-0.05, 0) is 26.3 Å². The van der Waals surface area contributed by atoms with Crippen molar-refractivity contribution in [2.24, 2.45) is 14.1 Å². The molecule has 0 aliphatic carbocycles. The lowest BCUT2D eigenvalue weighted by molar-refractivity contribution is -0.00516. The minimum absolute atomic E-state index is 0.0812. The molecule has 7 nitrogen and oxygen atoms in total. The maximum Gasteiger partial charge on any atom is 0.332 e. The Kier molecular flexibility index (Phi) is 3.75. The second-order valence-electron chi connectivity index (χ2n) is 6.36. The second kappa shape index (κ2) is 5.49. The molecule has 124 valence electrons. The van der Waals surface area contributed by atoms with E-state index in [0.29, 0.717) is 24.1 Å². The number of aryl methyl sites for hydroxylation is 2. The first-order valence-corrected chi connectivity index (χ1v) is 7.77. The Morgan fingerprint density at radius 2 is 1.74 bits per heavy atom. The van der Waals surface area contributed by atoms with E-state index in [0.717, 1.165) is 15.8 Å². The van der Waals surface area contributed by atoms with E-state index in [-0.39, 0.29) is 23.5 Å². The predicted molar refractivity (Wildman–Crippen MR) is 89.2 cm³/mol. The monoisotopic (exact) mass is 318 g/mol. The topological polar surface area (TPSA) is 69.4 Å². The Balaban J connectivity index is 2.34. The maximum atomic E-state index is 12.7. The molecule has 7 heteroatoms. The molecule has 2 atom stereocenters. The van der Waals surface area contributed by atoms with Crippen LogP contribution in [-0.2, 0) is 18.8 Å². The summed E-state index contributed by atoms with van der Waals surface area (Å²) in [4.78, 5) is 31.4. The molecule has 0 bridgehead atoms. The van der Waals surface area contributed by atoms with Crippen LogP contribution in [0.5, 0.6) is 0 Å². The Morgan fingerprint density at radius 3 is 2.35 bits per heavy atom. The van der Waals surface area contributed by atoms with Crippen LogP contribution in [0.1, 0.15) is 19.4 Å². The first-order chi connectivity index (χ1) is 10.8. The third kappa shape index (κ3) is 2.45. The van der Waals surface area contributed by atoms with Crippen molar-refractivity contribution in [1.29, 1.82) is 0 Å². The summed E-state index contributed by atoms with van der Waals surface area (Å²) in [6, 6.07) is 0. The standard InChI is InChI=1S/C16H22N4O3/c1-9-6-17-14-12(15(21)19(5)16(22)18(14)4)13(9)20-7-10(2)23-11(3)8-20/h6,10-11H,7-8H2,1-5H3. The van der Waals surface area contributed by atoms with Gasteiger partial charge in [-0.3, -0.25) is 13.9 Å². The van der Waals surface area contributed by atoms with Crippen LogP contribution < -0.4 is 16.1 Å². The molecule has 2 unspecified atom stereocenters. The molecule has 1 aliphatic rings. The number of aromatic nitrogens is 3. The largest absolute Gasteiger partial charge is 0.372 e. The third-order valence-electron chi connectivity index (χ3n) is 4.36. The van der Waals surface area contributed by atoms with Gasteiger partial charge in [0.05, 0.1) is 17.9 Å². The van der Waals surface area contributed by atoms with Gasteiger partial charge in [-0.1, -0.05) is 0 Å². The molecule has 23 heavy (non-hydrogen) atoms. The fraction of sp³-hybridized carbons (Fsp3) is 0.562. The normalized spacial score (nSPS) is 21.9. The Hall–Kier alpha value is -2.15. The van der Waals surface area contributed by atoms with E-state index < -0.39 is 0 Å². The molecule has 0 amide bonds. The van der Waals surface area contributed by atoms with Crippen molar-refractivity contribution in [3.63, 3.8) is 0 Å². The van der Waals surface area contributed by atoms with Crippen molar-refractivity contribution in [2.75, 3.05) is 18.0 Å². The van der Waals surface area contributed by atoms with Crippen LogP contribution in [0.4, 0.5) is 5.69 Å². The van der Waals surface area contributed by atoms with E-state index in [1.165, 1.54) is 11.6 Å². The summed E-state index contributed by atoms with van der Waals surface area (Å²) >= 11 is 0. The molecular weight excluding hydrogens is 296 g/mol. The highest BCUT2D eigenvalue weighted by molar-refractivity contribution is 5.90. The molecule has 1 fully saturated rings. The van der Waals surface area contributed by atoms with Gasteiger partial charge < -0.3 is 9.64 Å². The molecule has 0 saturated carbocycles. The fourth-order valence-electron chi connectivity index (χ4n) is 3.38. The van der Waals surface area contributed by atoms with Gasteiger partial charge in [0.2, 0.25) is 0 Å². The quantitative estimate of drug-likeness (QED) is 0.768. The van der Waals surface area contributed by atoms with Gasteiger partial charge in [-0.15, -0.1) is 0 Å². The lowest BCUT2D eigenvalue weighted by atomic mass is 10.1. The molecule has 0 N–H and O–H groups in total. The summed E-state index contributed by atoms with van der Waals surface area (Å²) in [5.74, 6) is 0.